The maximum atomic E-state index is 12.4. The average molecular weight is 375 g/mol. The van der Waals surface area contributed by atoms with Gasteiger partial charge in [0, 0.05) is 10.2 Å². The number of hydrogen-bond donors (Lipinski definition) is 2. The summed E-state index contributed by atoms with van der Waals surface area (Å²) in [7, 11) is -2.37. The molecule has 0 spiro atoms. The predicted octanol–water partition coefficient (Wildman–Crippen LogP) is 2.42. The molecule has 1 heterocycles. The number of nitrogen functional groups attached to an aromatic ring is 1. The van der Waals surface area contributed by atoms with Crippen LogP contribution in [-0.2, 0) is 16.6 Å². The molecule has 0 saturated heterocycles. The van der Waals surface area contributed by atoms with Crippen LogP contribution in [0.5, 0.6) is 5.75 Å². The quantitative estimate of drug-likeness (QED) is 0.783. The van der Waals surface area contributed by atoms with Crippen LogP contribution in [0.2, 0.25) is 0 Å². The fraction of sp³-hybridized carbons (Fsp3) is 0.231. The van der Waals surface area contributed by atoms with Gasteiger partial charge >= 0.3 is 0 Å². The molecule has 2 aromatic rings. The first-order valence-electron chi connectivity index (χ1n) is 6.01. The second-order valence-corrected chi connectivity index (χ2v) is 6.95. The van der Waals surface area contributed by atoms with Crippen molar-refractivity contribution in [3.63, 3.8) is 0 Å². The van der Waals surface area contributed by atoms with Gasteiger partial charge in [-0.25, -0.2) is 13.1 Å². The van der Waals surface area contributed by atoms with Crippen molar-refractivity contribution in [1.82, 2.24) is 4.72 Å². The molecule has 0 radical (unpaired) electrons. The molecular weight excluding hydrogens is 360 g/mol. The van der Waals surface area contributed by atoms with Gasteiger partial charge in [-0.05, 0) is 47.1 Å². The minimum Gasteiger partial charge on any atom is -0.495 e. The van der Waals surface area contributed by atoms with E-state index in [4.69, 9.17) is 14.9 Å². The van der Waals surface area contributed by atoms with Crippen molar-refractivity contribution >= 4 is 31.6 Å². The molecule has 0 amide bonds. The minimum absolute atomic E-state index is 0.0195. The third kappa shape index (κ3) is 3.58. The second kappa shape index (κ2) is 6.08. The van der Waals surface area contributed by atoms with E-state index >= 15 is 0 Å². The van der Waals surface area contributed by atoms with E-state index in [0.717, 1.165) is 5.76 Å². The van der Waals surface area contributed by atoms with Gasteiger partial charge in [0.15, 0.2) is 0 Å². The molecule has 0 unspecified atom stereocenters. The Kier molecular flexibility index (Phi) is 4.60. The Labute approximate surface area is 131 Å². The number of furan rings is 1. The van der Waals surface area contributed by atoms with E-state index in [1.165, 1.54) is 19.2 Å². The van der Waals surface area contributed by atoms with Gasteiger partial charge in [-0.1, -0.05) is 0 Å². The average Bonchev–Trinajstić information content (AvgIpc) is 2.85. The number of halogens is 1. The highest BCUT2D eigenvalue weighted by molar-refractivity contribution is 9.10. The van der Waals surface area contributed by atoms with Crippen LogP contribution in [-0.4, -0.2) is 15.5 Å². The van der Waals surface area contributed by atoms with E-state index in [2.05, 4.69) is 20.7 Å². The fourth-order valence-corrected chi connectivity index (χ4v) is 3.24. The molecule has 0 bridgehead atoms. The zero-order valence-corrected chi connectivity index (χ0v) is 13.9. The second-order valence-electron chi connectivity index (χ2n) is 4.36. The SMILES string of the molecule is COc1cc(Br)c(N)cc1S(=O)(=O)NCc1ccc(C)o1. The smallest absolute Gasteiger partial charge is 0.244 e. The zero-order valence-electron chi connectivity index (χ0n) is 11.5. The monoisotopic (exact) mass is 374 g/mol. The molecule has 0 atom stereocenters. The molecular formula is C13H15BrN2O4S. The Bertz CT molecular complexity index is 756. The number of hydrogen-bond acceptors (Lipinski definition) is 5. The summed E-state index contributed by atoms with van der Waals surface area (Å²) in [6.07, 6.45) is 0. The van der Waals surface area contributed by atoms with Crippen LogP contribution < -0.4 is 15.2 Å². The van der Waals surface area contributed by atoms with Crippen molar-refractivity contribution in [2.24, 2.45) is 0 Å². The first kappa shape index (κ1) is 15.9. The molecule has 1 aromatic carbocycles. The molecule has 0 saturated carbocycles. The molecule has 2 rings (SSSR count). The molecule has 0 aliphatic heterocycles. The topological polar surface area (TPSA) is 94.6 Å². The van der Waals surface area contributed by atoms with E-state index in [0.29, 0.717) is 15.9 Å². The Hall–Kier alpha value is -1.51. The lowest BCUT2D eigenvalue weighted by atomic mass is 10.3. The Morgan fingerprint density at radius 3 is 2.67 bits per heavy atom. The van der Waals surface area contributed by atoms with Gasteiger partial charge in [-0.15, -0.1) is 0 Å². The summed E-state index contributed by atoms with van der Waals surface area (Å²) in [5.74, 6) is 1.45. The molecule has 0 aliphatic rings. The number of anilines is 1. The van der Waals surface area contributed by atoms with Gasteiger partial charge in [-0.2, -0.15) is 0 Å². The third-order valence-corrected chi connectivity index (χ3v) is 4.91. The van der Waals surface area contributed by atoms with Crippen molar-refractivity contribution in [2.75, 3.05) is 12.8 Å². The lowest BCUT2D eigenvalue weighted by Gasteiger charge is -2.12. The largest absolute Gasteiger partial charge is 0.495 e. The van der Waals surface area contributed by atoms with Crippen molar-refractivity contribution < 1.29 is 17.6 Å². The first-order valence-corrected chi connectivity index (χ1v) is 8.29. The number of ether oxygens (including phenoxy) is 1. The number of aryl methyl sites for hydroxylation is 1. The van der Waals surface area contributed by atoms with E-state index in [-0.39, 0.29) is 17.2 Å². The third-order valence-electron chi connectivity index (χ3n) is 2.80. The molecule has 0 fully saturated rings. The highest BCUT2D eigenvalue weighted by Crippen LogP contribution is 2.32. The standard InChI is InChI=1S/C13H15BrN2O4S/c1-8-3-4-9(20-8)7-16-21(17,18)13-6-11(15)10(14)5-12(13)19-2/h3-6,16H,7,15H2,1-2H3. The van der Waals surface area contributed by atoms with Gasteiger partial charge in [0.2, 0.25) is 10.0 Å². The van der Waals surface area contributed by atoms with Crippen molar-refractivity contribution in [3.8, 4) is 5.75 Å². The van der Waals surface area contributed by atoms with Crippen LogP contribution in [0.1, 0.15) is 11.5 Å². The number of nitrogens with one attached hydrogen (secondary N) is 1. The van der Waals surface area contributed by atoms with Crippen LogP contribution in [0.4, 0.5) is 5.69 Å². The normalized spacial score (nSPS) is 11.6. The molecule has 8 heteroatoms. The van der Waals surface area contributed by atoms with Crippen LogP contribution in [0, 0.1) is 6.92 Å². The maximum Gasteiger partial charge on any atom is 0.244 e. The number of nitrogens with two attached hydrogens (primary N) is 1. The highest BCUT2D eigenvalue weighted by atomic mass is 79.9. The fourth-order valence-electron chi connectivity index (χ4n) is 1.74. The summed E-state index contributed by atoms with van der Waals surface area (Å²) in [6.45, 7) is 1.84. The molecule has 0 aliphatic carbocycles. The lowest BCUT2D eigenvalue weighted by Crippen LogP contribution is -2.23. The van der Waals surface area contributed by atoms with Gasteiger partial charge < -0.3 is 14.9 Å². The van der Waals surface area contributed by atoms with Gasteiger partial charge in [0.25, 0.3) is 0 Å². The summed E-state index contributed by atoms with van der Waals surface area (Å²) in [6, 6.07) is 6.34. The lowest BCUT2D eigenvalue weighted by molar-refractivity contribution is 0.402. The van der Waals surface area contributed by atoms with Gasteiger partial charge in [0.05, 0.1) is 13.7 Å². The minimum atomic E-state index is -3.77. The van der Waals surface area contributed by atoms with E-state index < -0.39 is 10.0 Å². The van der Waals surface area contributed by atoms with Crippen LogP contribution in [0.25, 0.3) is 0 Å². The first-order chi connectivity index (χ1) is 9.83. The number of methoxy groups -OCH3 is 1. The van der Waals surface area contributed by atoms with Crippen molar-refractivity contribution in [2.45, 2.75) is 18.4 Å². The molecule has 6 nitrogen and oxygen atoms in total. The molecule has 21 heavy (non-hydrogen) atoms. The summed E-state index contributed by atoms with van der Waals surface area (Å²) in [4.78, 5) is -0.0195. The maximum absolute atomic E-state index is 12.4. The Balaban J connectivity index is 2.28. The molecule has 3 N–H and O–H groups in total. The zero-order chi connectivity index (χ0) is 15.6. The summed E-state index contributed by atoms with van der Waals surface area (Å²) in [5, 5.41) is 0. The van der Waals surface area contributed by atoms with E-state index in [9.17, 15) is 8.42 Å². The van der Waals surface area contributed by atoms with Crippen LogP contribution >= 0.6 is 15.9 Å². The van der Waals surface area contributed by atoms with Crippen LogP contribution in [0.15, 0.2) is 38.1 Å². The Morgan fingerprint density at radius 2 is 2.10 bits per heavy atom. The molecule has 114 valence electrons. The predicted molar refractivity (Wildman–Crippen MR) is 82.6 cm³/mol. The molecule has 1 aromatic heterocycles. The van der Waals surface area contributed by atoms with Gasteiger partial charge in [0.1, 0.15) is 22.2 Å². The van der Waals surface area contributed by atoms with Crippen LogP contribution in [0.3, 0.4) is 0 Å². The summed E-state index contributed by atoms with van der Waals surface area (Å²) < 4.78 is 38.1. The van der Waals surface area contributed by atoms with Crippen molar-refractivity contribution in [1.29, 1.82) is 0 Å². The summed E-state index contributed by atoms with van der Waals surface area (Å²) in [5.41, 5.74) is 6.05. The highest BCUT2D eigenvalue weighted by Gasteiger charge is 2.21. The van der Waals surface area contributed by atoms with E-state index in [1.807, 2.05) is 0 Å². The van der Waals surface area contributed by atoms with Crippen molar-refractivity contribution in [3.05, 3.63) is 40.3 Å². The number of sulfonamides is 1. The van der Waals surface area contributed by atoms with E-state index in [1.54, 1.807) is 19.1 Å². The summed E-state index contributed by atoms with van der Waals surface area (Å²) >= 11 is 3.23. The number of rotatable bonds is 5. The van der Waals surface area contributed by atoms with Gasteiger partial charge in [-0.3, -0.25) is 0 Å². The Morgan fingerprint density at radius 1 is 1.38 bits per heavy atom. The number of benzene rings is 1.